The van der Waals surface area contributed by atoms with Crippen LogP contribution in [0.25, 0.3) is 16.9 Å². The first-order chi connectivity index (χ1) is 9.20. The molecule has 0 radical (unpaired) electrons. The molecule has 19 heavy (non-hydrogen) atoms. The van der Waals surface area contributed by atoms with Gasteiger partial charge in [-0.15, -0.1) is 12.6 Å². The smallest absolute Gasteiger partial charge is 0.172 e. The zero-order valence-corrected chi connectivity index (χ0v) is 11.4. The lowest BCUT2D eigenvalue weighted by Crippen LogP contribution is -1.92. The van der Waals surface area contributed by atoms with Crippen molar-refractivity contribution in [2.75, 3.05) is 7.11 Å². The Balaban J connectivity index is 2.23. The van der Waals surface area contributed by atoms with Gasteiger partial charge in [0.2, 0.25) is 0 Å². The number of methoxy groups -OCH3 is 1. The standard InChI is InChI=1S/C13H12N4OS/c1-8-3-4-9(12(18-2)13(8)19)10-6-17-11(16-10)5-14-7-15-17/h3-7,19H,1-2H3. The number of nitrogens with zero attached hydrogens (tertiary/aromatic N) is 4. The molecule has 1 aromatic carbocycles. The zero-order valence-electron chi connectivity index (χ0n) is 10.5. The van der Waals surface area contributed by atoms with Gasteiger partial charge in [-0.1, -0.05) is 6.07 Å². The maximum absolute atomic E-state index is 5.45. The Bertz CT molecular complexity index is 720. The van der Waals surface area contributed by atoms with E-state index in [1.807, 2.05) is 25.3 Å². The Hall–Kier alpha value is -2.08. The second-order valence-electron chi connectivity index (χ2n) is 4.15. The molecule has 0 amide bonds. The Kier molecular flexibility index (Phi) is 2.87. The lowest BCUT2D eigenvalue weighted by molar-refractivity contribution is 0.406. The first-order valence-electron chi connectivity index (χ1n) is 5.73. The number of hydrogen-bond donors (Lipinski definition) is 1. The minimum atomic E-state index is 0.695. The lowest BCUT2D eigenvalue weighted by atomic mass is 10.1. The Morgan fingerprint density at radius 2 is 2.16 bits per heavy atom. The first-order valence-corrected chi connectivity index (χ1v) is 6.17. The molecular weight excluding hydrogens is 260 g/mol. The summed E-state index contributed by atoms with van der Waals surface area (Å²) in [6.07, 6.45) is 4.99. The summed E-state index contributed by atoms with van der Waals surface area (Å²) >= 11 is 4.49. The van der Waals surface area contributed by atoms with Crippen LogP contribution in [-0.4, -0.2) is 26.7 Å². The molecule has 0 aliphatic rings. The largest absolute Gasteiger partial charge is 0.495 e. The van der Waals surface area contributed by atoms with E-state index in [1.165, 1.54) is 6.33 Å². The van der Waals surface area contributed by atoms with Crippen molar-refractivity contribution in [2.45, 2.75) is 11.8 Å². The van der Waals surface area contributed by atoms with Gasteiger partial charge in [-0.05, 0) is 18.6 Å². The summed E-state index contributed by atoms with van der Waals surface area (Å²) in [7, 11) is 1.63. The number of rotatable bonds is 2. The molecule has 0 saturated heterocycles. The predicted molar refractivity (Wildman–Crippen MR) is 74.8 cm³/mol. The second kappa shape index (κ2) is 4.55. The van der Waals surface area contributed by atoms with E-state index in [2.05, 4.69) is 27.7 Å². The lowest BCUT2D eigenvalue weighted by Gasteiger charge is -2.10. The van der Waals surface area contributed by atoms with Crippen LogP contribution in [0.5, 0.6) is 5.75 Å². The number of imidazole rings is 1. The number of fused-ring (bicyclic) bond motifs is 1. The Labute approximate surface area is 115 Å². The number of benzene rings is 1. The van der Waals surface area contributed by atoms with Gasteiger partial charge in [0.15, 0.2) is 5.65 Å². The maximum Gasteiger partial charge on any atom is 0.172 e. The summed E-state index contributed by atoms with van der Waals surface area (Å²) in [5.74, 6) is 0.722. The van der Waals surface area contributed by atoms with Gasteiger partial charge >= 0.3 is 0 Å². The molecule has 0 unspecified atom stereocenters. The van der Waals surface area contributed by atoms with Crippen molar-refractivity contribution < 1.29 is 4.74 Å². The normalized spacial score (nSPS) is 10.9. The molecule has 0 bridgehead atoms. The fourth-order valence-corrected chi connectivity index (χ4v) is 2.25. The van der Waals surface area contributed by atoms with Gasteiger partial charge in [-0.25, -0.2) is 14.5 Å². The van der Waals surface area contributed by atoms with Crippen LogP contribution in [-0.2, 0) is 0 Å². The Morgan fingerprint density at radius 1 is 1.32 bits per heavy atom. The third-order valence-electron chi connectivity index (χ3n) is 2.96. The summed E-state index contributed by atoms with van der Waals surface area (Å²) in [6, 6.07) is 3.97. The van der Waals surface area contributed by atoms with Crippen molar-refractivity contribution >= 4 is 18.3 Å². The molecule has 0 N–H and O–H groups in total. The van der Waals surface area contributed by atoms with Crippen LogP contribution in [0.2, 0.25) is 0 Å². The van der Waals surface area contributed by atoms with E-state index in [1.54, 1.807) is 17.8 Å². The van der Waals surface area contributed by atoms with Gasteiger partial charge in [0.1, 0.15) is 12.1 Å². The average molecular weight is 272 g/mol. The third-order valence-corrected chi connectivity index (χ3v) is 3.52. The molecule has 2 aromatic heterocycles. The molecule has 0 atom stereocenters. The van der Waals surface area contributed by atoms with Crippen molar-refractivity contribution in [1.29, 1.82) is 0 Å². The summed E-state index contributed by atoms with van der Waals surface area (Å²) in [5, 5.41) is 4.11. The van der Waals surface area contributed by atoms with E-state index in [4.69, 9.17) is 4.74 Å². The van der Waals surface area contributed by atoms with E-state index >= 15 is 0 Å². The molecular formula is C13H12N4OS. The van der Waals surface area contributed by atoms with Crippen LogP contribution in [0.4, 0.5) is 0 Å². The number of ether oxygens (including phenoxy) is 1. The molecule has 0 saturated carbocycles. The highest BCUT2D eigenvalue weighted by Crippen LogP contribution is 2.36. The molecule has 0 spiro atoms. The van der Waals surface area contributed by atoms with Crippen molar-refractivity contribution in [1.82, 2.24) is 19.6 Å². The van der Waals surface area contributed by atoms with E-state index in [0.29, 0.717) is 5.65 Å². The molecule has 6 heteroatoms. The highest BCUT2D eigenvalue weighted by Gasteiger charge is 2.14. The maximum atomic E-state index is 5.45. The second-order valence-corrected chi connectivity index (χ2v) is 4.60. The van der Waals surface area contributed by atoms with Gasteiger partial charge in [0.05, 0.1) is 25.2 Å². The van der Waals surface area contributed by atoms with Crippen LogP contribution in [0.3, 0.4) is 0 Å². The van der Waals surface area contributed by atoms with Crippen molar-refractivity contribution in [3.63, 3.8) is 0 Å². The van der Waals surface area contributed by atoms with Gasteiger partial charge in [0.25, 0.3) is 0 Å². The summed E-state index contributed by atoms with van der Waals surface area (Å²) < 4.78 is 7.13. The van der Waals surface area contributed by atoms with Crippen LogP contribution < -0.4 is 4.74 Å². The van der Waals surface area contributed by atoms with Crippen molar-refractivity contribution in [3.8, 4) is 17.0 Å². The van der Waals surface area contributed by atoms with Crippen LogP contribution in [0, 0.1) is 6.92 Å². The summed E-state index contributed by atoms with van der Waals surface area (Å²) in [6.45, 7) is 1.99. The van der Waals surface area contributed by atoms with Crippen molar-refractivity contribution in [3.05, 3.63) is 36.4 Å². The van der Waals surface area contributed by atoms with E-state index < -0.39 is 0 Å². The first kappa shape index (κ1) is 12.0. The van der Waals surface area contributed by atoms with E-state index in [0.717, 1.165) is 27.5 Å². The minimum Gasteiger partial charge on any atom is -0.495 e. The highest BCUT2D eigenvalue weighted by molar-refractivity contribution is 7.80. The SMILES string of the molecule is COc1c(-c2cn3ncncc3n2)ccc(C)c1S. The zero-order chi connectivity index (χ0) is 13.4. The van der Waals surface area contributed by atoms with Crippen LogP contribution >= 0.6 is 12.6 Å². The van der Waals surface area contributed by atoms with E-state index in [9.17, 15) is 0 Å². The summed E-state index contributed by atoms with van der Waals surface area (Å²) in [5.41, 5.74) is 3.43. The number of aryl methyl sites for hydroxylation is 1. The molecule has 0 fully saturated rings. The van der Waals surface area contributed by atoms with Crippen LogP contribution in [0.1, 0.15) is 5.56 Å². The topological polar surface area (TPSA) is 52.3 Å². The van der Waals surface area contributed by atoms with Gasteiger partial charge in [0, 0.05) is 10.5 Å². The highest BCUT2D eigenvalue weighted by atomic mass is 32.1. The number of hydrogen-bond acceptors (Lipinski definition) is 5. The fraction of sp³-hybridized carbons (Fsp3) is 0.154. The molecule has 2 heterocycles. The van der Waals surface area contributed by atoms with Crippen LogP contribution in [0.15, 0.2) is 35.7 Å². The summed E-state index contributed by atoms with van der Waals surface area (Å²) in [4.78, 5) is 9.26. The minimum absolute atomic E-state index is 0.695. The number of aromatic nitrogens is 4. The van der Waals surface area contributed by atoms with Gasteiger partial charge in [-0.2, -0.15) is 5.10 Å². The number of thiol groups is 1. The van der Waals surface area contributed by atoms with Gasteiger partial charge in [-0.3, -0.25) is 0 Å². The average Bonchev–Trinajstić information content (AvgIpc) is 2.85. The molecule has 0 aliphatic carbocycles. The van der Waals surface area contributed by atoms with Crippen molar-refractivity contribution in [2.24, 2.45) is 0 Å². The monoisotopic (exact) mass is 272 g/mol. The molecule has 5 nitrogen and oxygen atoms in total. The molecule has 3 aromatic rings. The molecule has 0 aliphatic heterocycles. The quantitative estimate of drug-likeness (QED) is 0.728. The van der Waals surface area contributed by atoms with Gasteiger partial charge < -0.3 is 4.74 Å². The Morgan fingerprint density at radius 3 is 2.89 bits per heavy atom. The predicted octanol–water partition coefficient (Wildman–Crippen LogP) is 2.40. The van der Waals surface area contributed by atoms with E-state index in [-0.39, 0.29) is 0 Å². The molecule has 3 rings (SSSR count). The molecule has 96 valence electrons. The third kappa shape index (κ3) is 1.94. The fourth-order valence-electron chi connectivity index (χ4n) is 1.96.